The zero-order valence-electron chi connectivity index (χ0n) is 11.6. The fourth-order valence-electron chi connectivity index (χ4n) is 1.57. The van der Waals surface area contributed by atoms with Crippen LogP contribution in [0, 0.1) is 6.92 Å². The van der Waals surface area contributed by atoms with E-state index in [0.29, 0.717) is 11.7 Å². The molecule has 2 aromatic heterocycles. The smallest absolute Gasteiger partial charge is 0.239 e. The molecule has 0 aliphatic carbocycles. The summed E-state index contributed by atoms with van der Waals surface area (Å²) in [4.78, 5) is 10.6. The van der Waals surface area contributed by atoms with E-state index in [2.05, 4.69) is 28.1 Å². The number of anilines is 1. The van der Waals surface area contributed by atoms with Crippen molar-refractivity contribution < 1.29 is 4.52 Å². The van der Waals surface area contributed by atoms with Crippen molar-refractivity contribution in [2.24, 2.45) is 0 Å². The number of hydrogen-bond donors (Lipinski definition) is 0. The van der Waals surface area contributed by atoms with Gasteiger partial charge in [0, 0.05) is 26.0 Å². The number of aryl methyl sites for hydroxylation is 1. The summed E-state index contributed by atoms with van der Waals surface area (Å²) in [7, 11) is 3.98. The van der Waals surface area contributed by atoms with Gasteiger partial charge in [-0.25, -0.2) is 4.98 Å². The van der Waals surface area contributed by atoms with Crippen LogP contribution in [0.15, 0.2) is 22.9 Å². The van der Waals surface area contributed by atoms with E-state index in [-0.39, 0.29) is 5.25 Å². The van der Waals surface area contributed by atoms with Gasteiger partial charge in [-0.2, -0.15) is 4.98 Å². The van der Waals surface area contributed by atoms with E-state index in [0.717, 1.165) is 11.6 Å². The average molecular weight is 278 g/mol. The molecule has 0 N–H and O–H groups in total. The molecule has 2 aromatic rings. The molecule has 19 heavy (non-hydrogen) atoms. The molecule has 2 rings (SSSR count). The number of nitrogens with zero attached hydrogens (tertiary/aromatic N) is 4. The van der Waals surface area contributed by atoms with Gasteiger partial charge in [0.15, 0.2) is 5.82 Å². The van der Waals surface area contributed by atoms with Crippen molar-refractivity contribution in [2.75, 3.05) is 19.0 Å². The highest BCUT2D eigenvalue weighted by atomic mass is 32.2. The maximum absolute atomic E-state index is 5.17. The van der Waals surface area contributed by atoms with Crippen molar-refractivity contribution in [3.8, 4) is 0 Å². The number of pyridine rings is 1. The Kier molecular flexibility index (Phi) is 4.42. The summed E-state index contributed by atoms with van der Waals surface area (Å²) < 4.78 is 5.17. The molecule has 0 aromatic carbocycles. The number of hydrogen-bond acceptors (Lipinski definition) is 6. The van der Waals surface area contributed by atoms with Gasteiger partial charge in [0.25, 0.3) is 0 Å². The summed E-state index contributed by atoms with van der Waals surface area (Å²) in [5.74, 6) is 3.23. The quantitative estimate of drug-likeness (QED) is 0.838. The van der Waals surface area contributed by atoms with Crippen LogP contribution in [-0.2, 0) is 5.75 Å². The largest absolute Gasteiger partial charge is 0.363 e. The minimum Gasteiger partial charge on any atom is -0.363 e. The van der Waals surface area contributed by atoms with Crippen LogP contribution >= 0.6 is 11.8 Å². The van der Waals surface area contributed by atoms with E-state index in [4.69, 9.17) is 4.52 Å². The van der Waals surface area contributed by atoms with Gasteiger partial charge in [0.2, 0.25) is 5.89 Å². The van der Waals surface area contributed by atoms with E-state index in [1.165, 1.54) is 5.56 Å². The summed E-state index contributed by atoms with van der Waals surface area (Å²) in [6.45, 7) is 3.91. The summed E-state index contributed by atoms with van der Waals surface area (Å²) in [6.07, 6.45) is 1.84. The molecule has 2 heterocycles. The maximum Gasteiger partial charge on any atom is 0.239 e. The Morgan fingerprint density at radius 3 is 2.84 bits per heavy atom. The van der Waals surface area contributed by atoms with Crippen LogP contribution in [0.4, 0.5) is 5.82 Å². The van der Waals surface area contributed by atoms with Crippen molar-refractivity contribution in [3.63, 3.8) is 0 Å². The zero-order chi connectivity index (χ0) is 13.8. The van der Waals surface area contributed by atoms with Crippen LogP contribution in [-0.4, -0.2) is 29.2 Å². The highest BCUT2D eigenvalue weighted by Crippen LogP contribution is 2.30. The molecule has 102 valence electrons. The minimum atomic E-state index is 0.192. The van der Waals surface area contributed by atoms with Gasteiger partial charge in [-0.15, -0.1) is 11.8 Å². The number of aromatic nitrogens is 3. The molecule has 0 aliphatic heterocycles. The first-order chi connectivity index (χ1) is 9.06. The van der Waals surface area contributed by atoms with Gasteiger partial charge in [-0.1, -0.05) is 5.16 Å². The molecule has 0 fully saturated rings. The van der Waals surface area contributed by atoms with Gasteiger partial charge in [0.05, 0.1) is 5.25 Å². The van der Waals surface area contributed by atoms with Crippen molar-refractivity contribution in [2.45, 2.75) is 24.9 Å². The van der Waals surface area contributed by atoms with E-state index in [1.807, 2.05) is 38.2 Å². The number of rotatable bonds is 5. The van der Waals surface area contributed by atoms with Gasteiger partial charge >= 0.3 is 0 Å². The van der Waals surface area contributed by atoms with Crippen molar-refractivity contribution in [1.82, 2.24) is 15.1 Å². The Labute approximate surface area is 117 Å². The maximum atomic E-state index is 5.17. The first-order valence-corrected chi connectivity index (χ1v) is 7.15. The second-order valence-corrected chi connectivity index (χ2v) is 5.88. The molecule has 6 heteroatoms. The molecular formula is C13H18N4OS. The third-order valence-corrected chi connectivity index (χ3v) is 3.86. The third-order valence-electron chi connectivity index (χ3n) is 2.66. The second kappa shape index (κ2) is 6.06. The summed E-state index contributed by atoms with van der Waals surface area (Å²) in [6, 6.07) is 4.13. The lowest BCUT2D eigenvalue weighted by Crippen LogP contribution is -2.10. The first-order valence-electron chi connectivity index (χ1n) is 6.10. The van der Waals surface area contributed by atoms with Crippen LogP contribution in [0.25, 0.3) is 0 Å². The second-order valence-electron chi connectivity index (χ2n) is 4.55. The molecule has 1 atom stereocenters. The van der Waals surface area contributed by atoms with Gasteiger partial charge in [0.1, 0.15) is 5.82 Å². The highest BCUT2D eigenvalue weighted by molar-refractivity contribution is 7.98. The molecule has 0 saturated heterocycles. The molecule has 0 aliphatic rings. The van der Waals surface area contributed by atoms with Crippen LogP contribution in [0.5, 0.6) is 0 Å². The molecular weight excluding hydrogens is 260 g/mol. The fourth-order valence-corrected chi connectivity index (χ4v) is 2.43. The Hall–Kier alpha value is -1.56. The van der Waals surface area contributed by atoms with E-state index >= 15 is 0 Å². The third kappa shape index (κ3) is 3.70. The minimum absolute atomic E-state index is 0.192. The molecule has 0 amide bonds. The van der Waals surface area contributed by atoms with Gasteiger partial charge < -0.3 is 9.42 Å². The Morgan fingerprint density at radius 1 is 1.42 bits per heavy atom. The van der Waals surface area contributed by atoms with Crippen molar-refractivity contribution in [1.29, 1.82) is 0 Å². The highest BCUT2D eigenvalue weighted by Gasteiger charge is 2.13. The van der Waals surface area contributed by atoms with Crippen LogP contribution in [0.2, 0.25) is 0 Å². The standard InChI is InChI=1S/C13H18N4OS/c1-9(13-15-10(2)16-18-13)19-8-11-5-6-14-12(7-11)17(3)4/h5-7,9H,8H2,1-4H3. The lowest BCUT2D eigenvalue weighted by molar-refractivity contribution is 0.376. The fraction of sp³-hybridized carbons (Fsp3) is 0.462. The average Bonchev–Trinajstić information content (AvgIpc) is 2.83. The molecule has 0 bridgehead atoms. The molecule has 0 radical (unpaired) electrons. The monoisotopic (exact) mass is 278 g/mol. The predicted octanol–water partition coefficient (Wildman–Crippen LogP) is 2.83. The zero-order valence-corrected chi connectivity index (χ0v) is 12.4. The Bertz CT molecular complexity index is 541. The van der Waals surface area contributed by atoms with Gasteiger partial charge in [-0.3, -0.25) is 0 Å². The summed E-state index contributed by atoms with van der Waals surface area (Å²) in [5, 5.41) is 4.01. The molecule has 0 spiro atoms. The SMILES string of the molecule is Cc1noc(C(C)SCc2ccnc(N(C)C)c2)n1. The van der Waals surface area contributed by atoms with Crippen LogP contribution in [0.3, 0.4) is 0 Å². The Balaban J connectivity index is 1.96. The number of thioether (sulfide) groups is 1. The van der Waals surface area contributed by atoms with Crippen LogP contribution < -0.4 is 4.90 Å². The lowest BCUT2D eigenvalue weighted by Gasteiger charge is -2.12. The summed E-state index contributed by atoms with van der Waals surface area (Å²) >= 11 is 1.77. The lowest BCUT2D eigenvalue weighted by atomic mass is 10.3. The van der Waals surface area contributed by atoms with E-state index in [1.54, 1.807) is 11.8 Å². The first kappa shape index (κ1) is 13.9. The van der Waals surface area contributed by atoms with Crippen molar-refractivity contribution in [3.05, 3.63) is 35.6 Å². The van der Waals surface area contributed by atoms with Crippen LogP contribution in [0.1, 0.15) is 29.5 Å². The van der Waals surface area contributed by atoms with Crippen molar-refractivity contribution >= 4 is 17.6 Å². The van der Waals surface area contributed by atoms with E-state index in [9.17, 15) is 0 Å². The van der Waals surface area contributed by atoms with E-state index < -0.39 is 0 Å². The molecule has 1 unspecified atom stereocenters. The summed E-state index contributed by atoms with van der Waals surface area (Å²) in [5.41, 5.74) is 1.24. The van der Waals surface area contributed by atoms with Gasteiger partial charge in [-0.05, 0) is 31.5 Å². The molecule has 0 saturated carbocycles. The predicted molar refractivity (Wildman–Crippen MR) is 77.3 cm³/mol. The molecule has 5 nitrogen and oxygen atoms in total. The topological polar surface area (TPSA) is 55.1 Å². The Morgan fingerprint density at radius 2 is 2.21 bits per heavy atom. The normalized spacial score (nSPS) is 12.4.